The van der Waals surface area contributed by atoms with Gasteiger partial charge in [-0.25, -0.2) is 0 Å². The van der Waals surface area contributed by atoms with E-state index >= 15 is 0 Å². The molecule has 0 aliphatic rings. The highest BCUT2D eigenvalue weighted by molar-refractivity contribution is 6.17. The van der Waals surface area contributed by atoms with Crippen molar-refractivity contribution in [1.29, 1.82) is 0 Å². The molecule has 3 aromatic carbocycles. The van der Waals surface area contributed by atoms with Gasteiger partial charge in [0.15, 0.2) is 0 Å². The van der Waals surface area contributed by atoms with Crippen molar-refractivity contribution in [3.63, 3.8) is 0 Å². The Kier molecular flexibility index (Phi) is 8.98. The molecule has 0 spiro atoms. The summed E-state index contributed by atoms with van der Waals surface area (Å²) in [6, 6.07) is 29.5. The third-order valence-corrected chi connectivity index (χ3v) is 6.07. The van der Waals surface area contributed by atoms with Crippen LogP contribution in [0.25, 0.3) is 0 Å². The highest BCUT2D eigenvalue weighted by Crippen LogP contribution is 2.42. The summed E-state index contributed by atoms with van der Waals surface area (Å²) >= 11 is 1.02. The molecule has 1 unspecified atom stereocenters. The lowest BCUT2D eigenvalue weighted by atomic mass is 9.79. The maximum absolute atomic E-state index is 7.15. The lowest BCUT2D eigenvalue weighted by Gasteiger charge is -2.38. The Labute approximate surface area is 195 Å². The Bertz CT molecular complexity index is 881. The quantitative estimate of drug-likeness (QED) is 0.209. The number of methoxy groups -OCH3 is 1. The number of hydrogen-bond donors (Lipinski definition) is 0. The highest BCUT2D eigenvalue weighted by atomic mass is 27.0. The van der Waals surface area contributed by atoms with Gasteiger partial charge in [-0.3, -0.25) is 0 Å². The van der Waals surface area contributed by atoms with E-state index in [2.05, 4.69) is 90.7 Å². The van der Waals surface area contributed by atoms with Crippen molar-refractivity contribution >= 4 is 16.3 Å². The fraction of sp³-hybridized carbons (Fsp3) is 0.286. The monoisotopic (exact) mass is 428 g/mol. The Morgan fingerprint density at radius 2 is 1.35 bits per heavy atom. The van der Waals surface area contributed by atoms with E-state index in [9.17, 15) is 0 Å². The van der Waals surface area contributed by atoms with Gasteiger partial charge in [-0.2, -0.15) is 4.94 Å². The van der Waals surface area contributed by atoms with Crippen molar-refractivity contribution in [2.24, 2.45) is 0 Å². The van der Waals surface area contributed by atoms with Crippen LogP contribution in [0.5, 0.6) is 5.75 Å². The normalized spacial score (nSPS) is 12.7. The maximum Gasteiger partial charge on any atom is 0.246 e. The predicted octanol–water partition coefficient (Wildman–Crippen LogP) is 6.10. The molecule has 31 heavy (non-hydrogen) atoms. The Balaban J connectivity index is 2.18. The van der Waals surface area contributed by atoms with E-state index in [-0.39, 0.29) is 6.10 Å². The van der Waals surface area contributed by atoms with Gasteiger partial charge in [0.1, 0.15) is 11.4 Å². The topological polar surface area (TPSA) is 18.5 Å². The molecule has 0 aromatic heterocycles. The molecule has 160 valence electrons. The van der Waals surface area contributed by atoms with Crippen LogP contribution in [-0.4, -0.2) is 29.5 Å². The molecular formula is C28H33AlO2. The van der Waals surface area contributed by atoms with E-state index in [4.69, 9.17) is 9.47 Å². The molecule has 0 bridgehead atoms. The summed E-state index contributed by atoms with van der Waals surface area (Å²) in [7, 11) is 1.70. The zero-order valence-corrected chi connectivity index (χ0v) is 21.0. The van der Waals surface area contributed by atoms with Gasteiger partial charge in [0.25, 0.3) is 0 Å². The van der Waals surface area contributed by atoms with Gasteiger partial charge >= 0.3 is 0 Å². The molecule has 1 atom stereocenters. The highest BCUT2D eigenvalue weighted by Gasteiger charge is 2.39. The summed E-state index contributed by atoms with van der Waals surface area (Å²) in [5.74, 6) is 0.845. The molecular weight excluding hydrogens is 395 g/mol. The first kappa shape index (κ1) is 23.4. The second-order valence-corrected chi connectivity index (χ2v) is 8.49. The van der Waals surface area contributed by atoms with Gasteiger partial charge in [-0.05, 0) is 35.2 Å². The van der Waals surface area contributed by atoms with Crippen molar-refractivity contribution in [2.75, 3.05) is 7.11 Å². The number of hydrogen-bond acceptors (Lipinski definition) is 2. The third-order valence-electron chi connectivity index (χ3n) is 5.68. The molecule has 3 heteroatoms. The Morgan fingerprint density at radius 1 is 0.806 bits per heavy atom. The smallest absolute Gasteiger partial charge is 0.246 e. The van der Waals surface area contributed by atoms with Crippen molar-refractivity contribution in [3.8, 4) is 5.75 Å². The largest absolute Gasteiger partial charge is 0.497 e. The van der Waals surface area contributed by atoms with Crippen LogP contribution in [0.3, 0.4) is 0 Å². The minimum absolute atomic E-state index is 0.0477. The van der Waals surface area contributed by atoms with Crippen molar-refractivity contribution in [2.45, 2.75) is 44.3 Å². The summed E-state index contributed by atoms with van der Waals surface area (Å²) in [5.41, 5.74) is 2.67. The summed E-state index contributed by atoms with van der Waals surface area (Å²) in [6.07, 6.45) is 6.91. The number of benzene rings is 3. The molecule has 0 aliphatic carbocycles. The van der Waals surface area contributed by atoms with Gasteiger partial charge in [0, 0.05) is 0 Å². The molecule has 3 aromatic rings. The summed E-state index contributed by atoms with van der Waals surface area (Å²) < 4.78 is 12.6. The molecule has 0 heterocycles. The molecule has 0 radical (unpaired) electrons. The van der Waals surface area contributed by atoms with Crippen LogP contribution in [0.2, 0.25) is 0 Å². The minimum atomic E-state index is -0.702. The first-order valence-corrected chi connectivity index (χ1v) is 12.5. The number of rotatable bonds is 11. The van der Waals surface area contributed by atoms with Crippen LogP contribution in [0.1, 0.15) is 49.3 Å². The third kappa shape index (κ3) is 5.69. The van der Waals surface area contributed by atoms with E-state index in [1.165, 1.54) is 12.8 Å². The Hall–Kier alpha value is -2.31. The summed E-state index contributed by atoms with van der Waals surface area (Å²) in [6.45, 7) is 2.24. The van der Waals surface area contributed by atoms with Crippen molar-refractivity contribution in [3.05, 3.63) is 113 Å². The van der Waals surface area contributed by atoms with Crippen LogP contribution in [0.4, 0.5) is 0 Å². The molecule has 2 nitrogen and oxygen atoms in total. The van der Waals surface area contributed by atoms with Crippen molar-refractivity contribution in [1.82, 2.24) is 0 Å². The lowest BCUT2D eigenvalue weighted by molar-refractivity contribution is -0.0285. The summed E-state index contributed by atoms with van der Waals surface area (Å²) in [5, 5.41) is 0. The van der Waals surface area contributed by atoms with Gasteiger partial charge < -0.3 is 9.47 Å². The lowest BCUT2D eigenvalue weighted by Crippen LogP contribution is -2.36. The fourth-order valence-electron chi connectivity index (χ4n) is 4.11. The van der Waals surface area contributed by atoms with Gasteiger partial charge in [0.05, 0.1) is 13.2 Å². The van der Waals surface area contributed by atoms with Crippen molar-refractivity contribution < 1.29 is 9.47 Å². The zero-order valence-electron chi connectivity index (χ0n) is 19.0. The first-order valence-electron chi connectivity index (χ1n) is 11.3. The zero-order chi connectivity index (χ0) is 21.9. The van der Waals surface area contributed by atoms with E-state index in [0.29, 0.717) is 0 Å². The van der Waals surface area contributed by atoms with Gasteiger partial charge in [0.2, 0.25) is 16.3 Å². The average Bonchev–Trinajstić information content (AvgIpc) is 2.84. The van der Waals surface area contributed by atoms with E-state index in [1.54, 1.807) is 7.11 Å². The van der Waals surface area contributed by atoms with Crippen LogP contribution in [0.15, 0.2) is 95.9 Å². The van der Waals surface area contributed by atoms with Gasteiger partial charge in [-0.1, -0.05) is 105 Å². The predicted molar refractivity (Wildman–Crippen MR) is 132 cm³/mol. The number of unbranched alkanes of at least 4 members (excludes halogenated alkanes) is 2. The number of ether oxygens (including phenoxy) is 2. The fourth-order valence-corrected chi connectivity index (χ4v) is 4.54. The summed E-state index contributed by atoms with van der Waals surface area (Å²) in [4.78, 5) is 2.24. The molecule has 0 saturated heterocycles. The van der Waals surface area contributed by atoms with E-state index < -0.39 is 5.60 Å². The van der Waals surface area contributed by atoms with E-state index in [1.807, 2.05) is 12.1 Å². The van der Waals surface area contributed by atoms with Crippen LogP contribution >= 0.6 is 0 Å². The minimum Gasteiger partial charge on any atom is -0.497 e. The molecule has 0 aliphatic heterocycles. The van der Waals surface area contributed by atoms with Gasteiger partial charge in [-0.15, -0.1) is 0 Å². The molecule has 0 amide bonds. The van der Waals surface area contributed by atoms with Crippen LogP contribution < -0.4 is 4.74 Å². The SMILES string of the molecule is CCCCCC(/C=[CH]/[AlH2])OC(c1ccccc1)(c1ccccc1)c1ccc(OC)cc1. The second-order valence-electron chi connectivity index (χ2n) is 7.82. The standard InChI is InChI=1S/C28H31O2.Al.2H/c1-4-6-9-18-26(5-2)30-28(23-14-10-7-11-15-23,24-16-12-8-13-17-24)25-19-21-27(29-3)22-20-25;;;/h2,5,7-8,10-17,19-22,26H,4,6,9,18H2,1,3H3;;;. The molecule has 0 fully saturated rings. The van der Waals surface area contributed by atoms with Crippen LogP contribution in [-0.2, 0) is 10.3 Å². The second kappa shape index (κ2) is 11.9. The van der Waals surface area contributed by atoms with E-state index in [0.717, 1.165) is 51.6 Å². The first-order chi connectivity index (χ1) is 15.2. The molecule has 0 N–H and O–H groups in total. The maximum atomic E-state index is 7.15. The van der Waals surface area contributed by atoms with Crippen LogP contribution in [0, 0.1) is 0 Å². The average molecular weight is 429 g/mol. The Morgan fingerprint density at radius 3 is 1.84 bits per heavy atom. The molecule has 0 saturated carbocycles. The molecule has 3 rings (SSSR count).